The first-order valence-corrected chi connectivity index (χ1v) is 11.0. The van der Waals surface area contributed by atoms with Crippen molar-refractivity contribution in [1.82, 2.24) is 20.3 Å². The normalized spacial score (nSPS) is 13.6. The van der Waals surface area contributed by atoms with E-state index in [9.17, 15) is 14.4 Å². The topological polar surface area (TPSA) is 95.8 Å². The number of carbonyl (C=O) groups excluding carboxylic acids is 3. The summed E-state index contributed by atoms with van der Waals surface area (Å²) in [6, 6.07) is 15.5. The molecule has 0 atom stereocenters. The molecule has 1 saturated heterocycles. The second-order valence-corrected chi connectivity index (χ2v) is 8.27. The minimum atomic E-state index is -0.500. The van der Waals surface area contributed by atoms with Crippen LogP contribution < -0.4 is 5.32 Å². The maximum atomic E-state index is 12.7. The quantitative estimate of drug-likeness (QED) is 0.596. The zero-order chi connectivity index (χ0) is 23.4. The molecule has 1 aromatic heterocycles. The van der Waals surface area contributed by atoms with Gasteiger partial charge in [-0.15, -0.1) is 0 Å². The van der Waals surface area contributed by atoms with Gasteiger partial charge in [0.05, 0.1) is 17.1 Å². The third-order valence-corrected chi connectivity index (χ3v) is 5.83. The number of amides is 3. The van der Waals surface area contributed by atoms with Crippen LogP contribution in [0.3, 0.4) is 0 Å². The maximum Gasteiger partial charge on any atom is 0.273 e. The molecule has 0 unspecified atom stereocenters. The van der Waals surface area contributed by atoms with Gasteiger partial charge in [-0.1, -0.05) is 58.7 Å². The highest BCUT2D eigenvalue weighted by Crippen LogP contribution is 2.23. The van der Waals surface area contributed by atoms with E-state index in [0.29, 0.717) is 42.5 Å². The van der Waals surface area contributed by atoms with Crippen molar-refractivity contribution in [2.75, 3.05) is 32.7 Å². The van der Waals surface area contributed by atoms with Crippen LogP contribution >= 0.6 is 23.2 Å². The molecule has 4 rings (SSSR count). The minimum absolute atomic E-state index is 0.0944. The van der Waals surface area contributed by atoms with E-state index in [2.05, 4.69) is 10.5 Å². The third-order valence-electron chi connectivity index (χ3n) is 5.28. The highest BCUT2D eigenvalue weighted by Gasteiger charge is 2.26. The number of aromatic nitrogens is 1. The smallest absolute Gasteiger partial charge is 0.273 e. The number of benzene rings is 2. The molecule has 3 aromatic rings. The molecule has 2 heterocycles. The summed E-state index contributed by atoms with van der Waals surface area (Å²) in [4.78, 5) is 40.8. The number of rotatable bonds is 5. The van der Waals surface area contributed by atoms with E-state index < -0.39 is 5.91 Å². The molecule has 8 nitrogen and oxygen atoms in total. The minimum Gasteiger partial charge on any atom is -0.355 e. The molecule has 2 aromatic carbocycles. The summed E-state index contributed by atoms with van der Waals surface area (Å²) in [7, 11) is 0. The number of hydrogen-bond donors (Lipinski definition) is 1. The van der Waals surface area contributed by atoms with Gasteiger partial charge in [-0.3, -0.25) is 14.4 Å². The molecule has 0 bridgehead atoms. The second-order valence-electron chi connectivity index (χ2n) is 7.42. The predicted molar refractivity (Wildman–Crippen MR) is 123 cm³/mol. The van der Waals surface area contributed by atoms with Gasteiger partial charge in [0.25, 0.3) is 11.8 Å². The fraction of sp³-hybridized carbons (Fsp3) is 0.217. The molecule has 0 aliphatic carbocycles. The maximum absolute atomic E-state index is 12.7. The van der Waals surface area contributed by atoms with Crippen molar-refractivity contribution in [1.29, 1.82) is 0 Å². The van der Waals surface area contributed by atoms with Crippen molar-refractivity contribution < 1.29 is 18.9 Å². The van der Waals surface area contributed by atoms with Crippen molar-refractivity contribution in [3.63, 3.8) is 0 Å². The van der Waals surface area contributed by atoms with Crippen LogP contribution in [0.5, 0.6) is 0 Å². The largest absolute Gasteiger partial charge is 0.355 e. The van der Waals surface area contributed by atoms with Gasteiger partial charge in [0, 0.05) is 42.8 Å². The Bertz CT molecular complexity index is 1170. The number of piperazine rings is 1. The fourth-order valence-corrected chi connectivity index (χ4v) is 3.96. The molecule has 10 heteroatoms. The standard InChI is InChI=1S/C23H20Cl2N4O4/c24-16-6-7-17(18(25)12-16)23(32)29-10-8-28(9-11-29)21(30)14-26-22(31)19-13-20(33-27-19)15-4-2-1-3-5-15/h1-7,12-13H,8-11,14H2,(H,26,31). The van der Waals surface area contributed by atoms with E-state index in [1.165, 1.54) is 12.1 Å². The monoisotopic (exact) mass is 486 g/mol. The molecule has 1 aliphatic heterocycles. The van der Waals surface area contributed by atoms with Gasteiger partial charge in [0.15, 0.2) is 11.5 Å². The van der Waals surface area contributed by atoms with Crippen molar-refractivity contribution in [2.45, 2.75) is 0 Å². The van der Waals surface area contributed by atoms with Gasteiger partial charge >= 0.3 is 0 Å². The average molecular weight is 487 g/mol. The zero-order valence-electron chi connectivity index (χ0n) is 17.5. The molecule has 0 spiro atoms. The van der Waals surface area contributed by atoms with Gasteiger partial charge in [-0.25, -0.2) is 0 Å². The molecule has 3 amide bonds. The SMILES string of the molecule is O=C(NCC(=O)N1CCN(C(=O)c2ccc(Cl)cc2Cl)CC1)c1cc(-c2ccccc2)on1. The number of nitrogens with one attached hydrogen (secondary N) is 1. The first-order chi connectivity index (χ1) is 15.9. The van der Waals surface area contributed by atoms with Gasteiger partial charge in [-0.2, -0.15) is 0 Å². The Hall–Kier alpha value is -3.36. The van der Waals surface area contributed by atoms with Crippen LogP contribution in [-0.4, -0.2) is 65.4 Å². The Balaban J connectivity index is 1.27. The lowest BCUT2D eigenvalue weighted by atomic mass is 10.1. The van der Waals surface area contributed by atoms with E-state index >= 15 is 0 Å². The molecule has 0 saturated carbocycles. The van der Waals surface area contributed by atoms with Crippen LogP contribution in [0.15, 0.2) is 59.1 Å². The molecule has 0 radical (unpaired) electrons. The summed E-state index contributed by atoms with van der Waals surface area (Å²) in [5.41, 5.74) is 1.26. The number of nitrogens with zero attached hydrogens (tertiary/aromatic N) is 3. The van der Waals surface area contributed by atoms with E-state index in [1.807, 2.05) is 30.3 Å². The van der Waals surface area contributed by atoms with Gasteiger partial charge in [-0.05, 0) is 18.2 Å². The summed E-state index contributed by atoms with van der Waals surface area (Å²) in [6.45, 7) is 1.26. The van der Waals surface area contributed by atoms with Crippen LogP contribution in [0.25, 0.3) is 11.3 Å². The number of halogens is 2. The molecular weight excluding hydrogens is 467 g/mol. The first-order valence-electron chi connectivity index (χ1n) is 10.2. The third kappa shape index (κ3) is 5.35. The summed E-state index contributed by atoms with van der Waals surface area (Å²) in [6.07, 6.45) is 0. The van der Waals surface area contributed by atoms with E-state index in [1.54, 1.807) is 21.9 Å². The van der Waals surface area contributed by atoms with Crippen LogP contribution in [0, 0.1) is 0 Å². The van der Waals surface area contributed by atoms with Gasteiger partial charge in [0.1, 0.15) is 0 Å². The molecule has 170 valence electrons. The summed E-state index contributed by atoms with van der Waals surface area (Å²) >= 11 is 12.0. The van der Waals surface area contributed by atoms with E-state index in [-0.39, 0.29) is 29.1 Å². The van der Waals surface area contributed by atoms with Crippen molar-refractivity contribution in [2.24, 2.45) is 0 Å². The molecule has 1 N–H and O–H groups in total. The summed E-state index contributed by atoms with van der Waals surface area (Å²) in [5.74, 6) is -0.488. The summed E-state index contributed by atoms with van der Waals surface area (Å²) < 4.78 is 5.22. The Kier molecular flexibility index (Phi) is 6.96. The lowest BCUT2D eigenvalue weighted by Gasteiger charge is -2.35. The van der Waals surface area contributed by atoms with Crippen LogP contribution in [0.1, 0.15) is 20.8 Å². The van der Waals surface area contributed by atoms with Crippen molar-refractivity contribution in [3.05, 3.63) is 75.9 Å². The first kappa shape index (κ1) is 22.8. The Labute approximate surface area is 200 Å². The highest BCUT2D eigenvalue weighted by atomic mass is 35.5. The van der Waals surface area contributed by atoms with Crippen molar-refractivity contribution >= 4 is 40.9 Å². The Morgan fingerprint density at radius 3 is 2.33 bits per heavy atom. The molecular formula is C23H20Cl2N4O4. The fourth-order valence-electron chi connectivity index (χ4n) is 3.47. The molecule has 33 heavy (non-hydrogen) atoms. The van der Waals surface area contributed by atoms with Crippen LogP contribution in [0.2, 0.25) is 10.0 Å². The number of carbonyl (C=O) groups is 3. The summed E-state index contributed by atoms with van der Waals surface area (Å²) in [5, 5.41) is 7.09. The lowest BCUT2D eigenvalue weighted by Crippen LogP contribution is -2.52. The van der Waals surface area contributed by atoms with Gasteiger partial charge in [0.2, 0.25) is 5.91 Å². The highest BCUT2D eigenvalue weighted by molar-refractivity contribution is 6.36. The van der Waals surface area contributed by atoms with E-state index in [4.69, 9.17) is 27.7 Å². The zero-order valence-corrected chi connectivity index (χ0v) is 19.0. The second kappa shape index (κ2) is 10.1. The van der Waals surface area contributed by atoms with Crippen LogP contribution in [0.4, 0.5) is 0 Å². The molecule has 1 aliphatic rings. The Morgan fingerprint density at radius 1 is 0.939 bits per heavy atom. The van der Waals surface area contributed by atoms with Gasteiger partial charge < -0.3 is 19.6 Å². The number of hydrogen-bond acceptors (Lipinski definition) is 5. The van der Waals surface area contributed by atoms with Crippen molar-refractivity contribution in [3.8, 4) is 11.3 Å². The van der Waals surface area contributed by atoms with E-state index in [0.717, 1.165) is 5.56 Å². The molecule has 1 fully saturated rings. The average Bonchev–Trinajstić information content (AvgIpc) is 3.33. The Morgan fingerprint density at radius 2 is 1.64 bits per heavy atom. The van der Waals surface area contributed by atoms with Crippen LogP contribution in [-0.2, 0) is 4.79 Å². The lowest BCUT2D eigenvalue weighted by molar-refractivity contribution is -0.131. The predicted octanol–water partition coefficient (Wildman–Crippen LogP) is 3.36.